The third kappa shape index (κ3) is 5.72. The number of methoxy groups -OCH3 is 1. The highest BCUT2D eigenvalue weighted by molar-refractivity contribution is 7.77. The first-order valence-electron chi connectivity index (χ1n) is 11.6. The summed E-state index contributed by atoms with van der Waals surface area (Å²) < 4.78 is 20.0. The number of aliphatic hydroxyl groups excluding tert-OH is 1. The van der Waals surface area contributed by atoms with Gasteiger partial charge in [0.25, 0.3) is 0 Å². The molecule has 0 aliphatic rings. The number of Topliss-reactive ketones (excluding diaryl/α,β-unsaturated/α-hetero) is 1. The van der Waals surface area contributed by atoms with Gasteiger partial charge in [-0.1, -0.05) is 91.0 Å². The van der Waals surface area contributed by atoms with Crippen molar-refractivity contribution in [3.63, 3.8) is 0 Å². The van der Waals surface area contributed by atoms with E-state index in [2.05, 4.69) is 5.09 Å². The summed E-state index contributed by atoms with van der Waals surface area (Å²) in [7, 11) is -1.98. The van der Waals surface area contributed by atoms with Crippen LogP contribution < -0.4 is 20.4 Å². The molecule has 2 N–H and O–H groups in total. The summed E-state index contributed by atoms with van der Waals surface area (Å²) in [4.78, 5) is 13.4. The van der Waals surface area contributed by atoms with E-state index in [9.17, 15) is 14.5 Å². The van der Waals surface area contributed by atoms with Crippen molar-refractivity contribution in [2.75, 3.05) is 7.11 Å². The molecule has 0 bridgehead atoms. The van der Waals surface area contributed by atoms with Crippen molar-refractivity contribution in [3.8, 4) is 5.75 Å². The van der Waals surface area contributed by atoms with Gasteiger partial charge in [-0.25, -0.2) is 0 Å². The van der Waals surface area contributed by atoms with Gasteiger partial charge < -0.3 is 9.84 Å². The van der Waals surface area contributed by atoms with E-state index < -0.39 is 25.2 Å². The number of carbonyl (C=O) groups is 1. The first-order chi connectivity index (χ1) is 17.5. The SMILES string of the molecule is COc1ccccc1C(=O)[C@H](O)[C@@H](/C=C/c1ccccc1)NP(=O)(c1ccccc1)c1ccccc1. The van der Waals surface area contributed by atoms with Gasteiger partial charge in [0.2, 0.25) is 7.29 Å². The van der Waals surface area contributed by atoms with Crippen LogP contribution in [0.2, 0.25) is 0 Å². The molecule has 0 heterocycles. The van der Waals surface area contributed by atoms with Crippen LogP contribution in [-0.4, -0.2) is 30.1 Å². The van der Waals surface area contributed by atoms with Gasteiger partial charge in [0.1, 0.15) is 11.9 Å². The summed E-state index contributed by atoms with van der Waals surface area (Å²) in [6.45, 7) is 0. The second kappa shape index (κ2) is 11.8. The highest BCUT2D eigenvalue weighted by Crippen LogP contribution is 2.40. The molecule has 0 aliphatic heterocycles. The van der Waals surface area contributed by atoms with Crippen LogP contribution >= 0.6 is 7.29 Å². The molecule has 182 valence electrons. The number of hydrogen-bond donors (Lipinski definition) is 2. The maximum Gasteiger partial charge on any atom is 0.205 e. The summed E-state index contributed by atoms with van der Waals surface area (Å²) in [6.07, 6.45) is 1.96. The number of ketones is 1. The predicted octanol–water partition coefficient (Wildman–Crippen LogP) is 4.84. The fraction of sp³-hybridized carbons (Fsp3) is 0.100. The first kappa shape index (κ1) is 25.3. The van der Waals surface area contributed by atoms with E-state index in [0.717, 1.165) is 5.56 Å². The van der Waals surface area contributed by atoms with E-state index in [1.807, 2.05) is 66.7 Å². The van der Waals surface area contributed by atoms with Gasteiger partial charge in [0.15, 0.2) is 5.78 Å². The van der Waals surface area contributed by atoms with Crippen LogP contribution in [0.1, 0.15) is 15.9 Å². The van der Waals surface area contributed by atoms with Crippen LogP contribution in [0, 0.1) is 0 Å². The Labute approximate surface area is 211 Å². The lowest BCUT2D eigenvalue weighted by Gasteiger charge is -2.28. The fourth-order valence-corrected chi connectivity index (χ4v) is 6.38. The van der Waals surface area contributed by atoms with Crippen molar-refractivity contribution in [2.45, 2.75) is 12.1 Å². The van der Waals surface area contributed by atoms with Gasteiger partial charge in [0, 0.05) is 10.6 Å². The Hall–Kier alpha value is -3.76. The molecule has 0 saturated carbocycles. The van der Waals surface area contributed by atoms with Crippen LogP contribution in [0.4, 0.5) is 0 Å². The zero-order valence-electron chi connectivity index (χ0n) is 19.9. The van der Waals surface area contributed by atoms with Gasteiger partial charge in [-0.15, -0.1) is 0 Å². The molecular formula is C30H28NO4P. The molecule has 0 spiro atoms. The predicted molar refractivity (Wildman–Crippen MR) is 145 cm³/mol. The molecule has 0 saturated heterocycles. The average Bonchev–Trinajstić information content (AvgIpc) is 2.95. The molecule has 4 rings (SSSR count). The Morgan fingerprint density at radius 2 is 1.31 bits per heavy atom. The van der Waals surface area contributed by atoms with Crippen LogP contribution in [0.15, 0.2) is 121 Å². The van der Waals surface area contributed by atoms with E-state index in [4.69, 9.17) is 4.74 Å². The van der Waals surface area contributed by atoms with Crippen molar-refractivity contribution in [1.29, 1.82) is 0 Å². The average molecular weight is 498 g/mol. The second-order valence-corrected chi connectivity index (χ2v) is 10.7. The molecule has 0 radical (unpaired) electrons. The fourth-order valence-electron chi connectivity index (χ4n) is 3.95. The van der Waals surface area contributed by atoms with Crippen LogP contribution in [-0.2, 0) is 4.57 Å². The molecule has 0 amide bonds. The summed E-state index contributed by atoms with van der Waals surface area (Å²) in [5.41, 5.74) is 1.14. The highest BCUT2D eigenvalue weighted by Gasteiger charge is 2.35. The molecule has 0 aromatic heterocycles. The Kier molecular flexibility index (Phi) is 8.29. The second-order valence-electron chi connectivity index (χ2n) is 8.21. The van der Waals surface area contributed by atoms with Gasteiger partial charge in [-0.2, -0.15) is 0 Å². The third-order valence-electron chi connectivity index (χ3n) is 5.85. The van der Waals surface area contributed by atoms with Crippen molar-refractivity contribution in [1.82, 2.24) is 5.09 Å². The molecule has 36 heavy (non-hydrogen) atoms. The topological polar surface area (TPSA) is 75.6 Å². The highest BCUT2D eigenvalue weighted by atomic mass is 31.2. The summed E-state index contributed by atoms with van der Waals surface area (Å²) >= 11 is 0. The normalized spacial score (nSPS) is 13.3. The molecule has 4 aromatic rings. The number of hydrogen-bond acceptors (Lipinski definition) is 4. The Bertz CT molecular complexity index is 1310. The van der Waals surface area contributed by atoms with E-state index in [0.29, 0.717) is 16.4 Å². The standard InChI is InChI=1S/C30H28NO4P/c1-35-28-20-12-11-19-26(28)29(32)30(33)27(22-21-23-13-5-2-6-14-23)31-36(34,24-15-7-3-8-16-24)25-17-9-4-10-18-25/h2-22,27,30,33H,1H3,(H,31,34)/b22-21+/t27-,30-/m1/s1. The molecule has 0 unspecified atom stereocenters. The van der Waals surface area contributed by atoms with Gasteiger partial charge in [-0.05, 0) is 42.0 Å². The zero-order chi connectivity index (χ0) is 25.4. The zero-order valence-corrected chi connectivity index (χ0v) is 20.8. The lowest BCUT2D eigenvalue weighted by atomic mass is 9.99. The van der Waals surface area contributed by atoms with E-state index >= 15 is 0 Å². The summed E-state index contributed by atoms with van der Waals surface area (Å²) in [5, 5.41) is 15.7. The number of rotatable bonds is 10. The molecule has 0 fully saturated rings. The van der Waals surface area contributed by atoms with Crippen LogP contribution in [0.5, 0.6) is 5.75 Å². The molecule has 6 heteroatoms. The number of ether oxygens (including phenoxy) is 1. The smallest absolute Gasteiger partial charge is 0.205 e. The maximum absolute atomic E-state index is 14.6. The minimum atomic E-state index is -3.45. The number of nitrogens with one attached hydrogen (secondary N) is 1. The summed E-state index contributed by atoms with van der Waals surface area (Å²) in [5.74, 6) is -0.169. The number of para-hydroxylation sites is 1. The Morgan fingerprint density at radius 1 is 0.806 bits per heavy atom. The van der Waals surface area contributed by atoms with E-state index in [-0.39, 0.29) is 5.56 Å². The van der Waals surface area contributed by atoms with Crippen molar-refractivity contribution < 1.29 is 19.2 Å². The van der Waals surface area contributed by atoms with Crippen LogP contribution in [0.25, 0.3) is 6.08 Å². The molecule has 4 aromatic carbocycles. The monoisotopic (exact) mass is 497 g/mol. The van der Waals surface area contributed by atoms with Gasteiger partial charge >= 0.3 is 0 Å². The minimum absolute atomic E-state index is 0.252. The lowest BCUT2D eigenvalue weighted by Crippen LogP contribution is -2.45. The Balaban J connectivity index is 1.77. The molecule has 5 nitrogen and oxygen atoms in total. The van der Waals surface area contributed by atoms with Crippen LogP contribution in [0.3, 0.4) is 0 Å². The van der Waals surface area contributed by atoms with Crippen molar-refractivity contribution >= 4 is 29.8 Å². The number of aliphatic hydroxyl groups is 1. The maximum atomic E-state index is 14.6. The van der Waals surface area contributed by atoms with Gasteiger partial charge in [-0.3, -0.25) is 14.4 Å². The van der Waals surface area contributed by atoms with Crippen molar-refractivity contribution in [2.24, 2.45) is 0 Å². The molecule has 0 aliphatic carbocycles. The molecular weight excluding hydrogens is 469 g/mol. The lowest BCUT2D eigenvalue weighted by molar-refractivity contribution is 0.0711. The Morgan fingerprint density at radius 3 is 1.86 bits per heavy atom. The molecule has 2 atom stereocenters. The third-order valence-corrected chi connectivity index (χ3v) is 8.56. The number of benzene rings is 4. The summed E-state index contributed by atoms with van der Waals surface area (Å²) in [6, 6.07) is 33.4. The quantitative estimate of drug-likeness (QED) is 0.242. The number of carbonyl (C=O) groups excluding carboxylic acids is 1. The largest absolute Gasteiger partial charge is 0.496 e. The van der Waals surface area contributed by atoms with Crippen molar-refractivity contribution in [3.05, 3.63) is 132 Å². The first-order valence-corrected chi connectivity index (χ1v) is 13.3. The minimum Gasteiger partial charge on any atom is -0.496 e. The van der Waals surface area contributed by atoms with E-state index in [1.54, 1.807) is 60.7 Å². The van der Waals surface area contributed by atoms with Gasteiger partial charge in [0.05, 0.1) is 18.7 Å². The van der Waals surface area contributed by atoms with E-state index in [1.165, 1.54) is 7.11 Å².